The molecule has 21 heavy (non-hydrogen) atoms. The third-order valence-corrected chi connectivity index (χ3v) is 3.34. The highest BCUT2D eigenvalue weighted by molar-refractivity contribution is 6.29. The molecular formula is C16H16ClFN2O. The van der Waals surface area contributed by atoms with Crippen molar-refractivity contribution in [3.05, 3.63) is 64.2 Å². The molecule has 1 amide bonds. The summed E-state index contributed by atoms with van der Waals surface area (Å²) >= 11 is 5.88. The molecule has 1 N–H and O–H groups in total. The van der Waals surface area contributed by atoms with Crippen LogP contribution in [0.25, 0.3) is 0 Å². The number of nitrogens with one attached hydrogen (secondary N) is 1. The van der Waals surface area contributed by atoms with E-state index in [1.807, 2.05) is 13.8 Å². The van der Waals surface area contributed by atoms with Crippen LogP contribution in [0.4, 0.5) is 4.39 Å². The van der Waals surface area contributed by atoms with E-state index in [9.17, 15) is 9.18 Å². The first-order valence-corrected chi connectivity index (χ1v) is 7.03. The van der Waals surface area contributed by atoms with Crippen LogP contribution in [0.3, 0.4) is 0 Å². The number of benzene rings is 1. The van der Waals surface area contributed by atoms with Crippen LogP contribution in [0.2, 0.25) is 5.15 Å². The van der Waals surface area contributed by atoms with Crippen LogP contribution in [0, 0.1) is 5.82 Å². The van der Waals surface area contributed by atoms with Crippen LogP contribution in [0.5, 0.6) is 0 Å². The van der Waals surface area contributed by atoms with E-state index in [-0.39, 0.29) is 17.6 Å². The van der Waals surface area contributed by atoms with Crippen molar-refractivity contribution in [2.75, 3.05) is 0 Å². The van der Waals surface area contributed by atoms with Crippen LogP contribution in [0.1, 0.15) is 41.3 Å². The highest BCUT2D eigenvalue weighted by Gasteiger charge is 2.15. The number of hydrogen-bond acceptors (Lipinski definition) is 2. The zero-order valence-electron chi connectivity index (χ0n) is 11.9. The summed E-state index contributed by atoms with van der Waals surface area (Å²) in [6.07, 6.45) is 1.48. The lowest BCUT2D eigenvalue weighted by Crippen LogP contribution is -2.24. The van der Waals surface area contributed by atoms with E-state index in [1.165, 1.54) is 18.3 Å². The Bertz CT molecular complexity index is 641. The number of carbonyl (C=O) groups is 1. The van der Waals surface area contributed by atoms with E-state index in [4.69, 9.17) is 11.6 Å². The number of nitrogens with zero attached hydrogens (tertiary/aromatic N) is 1. The molecule has 1 aromatic heterocycles. The Morgan fingerprint density at radius 3 is 2.62 bits per heavy atom. The second kappa shape index (κ2) is 6.68. The number of amides is 1. The van der Waals surface area contributed by atoms with Gasteiger partial charge in [0.05, 0.1) is 5.56 Å². The van der Waals surface area contributed by atoms with Gasteiger partial charge in [-0.2, -0.15) is 0 Å². The molecule has 0 aliphatic rings. The Morgan fingerprint density at radius 2 is 2.00 bits per heavy atom. The van der Waals surface area contributed by atoms with Gasteiger partial charge < -0.3 is 5.32 Å². The molecule has 0 aliphatic carbocycles. The highest BCUT2D eigenvalue weighted by Crippen LogP contribution is 2.21. The van der Waals surface area contributed by atoms with Crippen molar-refractivity contribution in [1.29, 1.82) is 0 Å². The molecule has 1 heterocycles. The van der Waals surface area contributed by atoms with Crippen molar-refractivity contribution >= 4 is 17.5 Å². The highest BCUT2D eigenvalue weighted by atomic mass is 35.5. The summed E-state index contributed by atoms with van der Waals surface area (Å²) < 4.78 is 12.8. The minimum Gasteiger partial charge on any atom is -0.348 e. The summed E-state index contributed by atoms with van der Waals surface area (Å²) in [6.45, 7) is 4.31. The van der Waals surface area contributed by atoms with Gasteiger partial charge in [0.25, 0.3) is 5.91 Å². The lowest BCUT2D eigenvalue weighted by molar-refractivity contribution is 0.0949. The van der Waals surface area contributed by atoms with Gasteiger partial charge in [0, 0.05) is 12.7 Å². The zero-order chi connectivity index (χ0) is 15.4. The summed E-state index contributed by atoms with van der Waals surface area (Å²) in [5, 5.41) is 3.17. The van der Waals surface area contributed by atoms with Gasteiger partial charge in [-0.1, -0.05) is 37.6 Å². The fraction of sp³-hybridized carbons (Fsp3) is 0.250. The third-order valence-electron chi connectivity index (χ3n) is 3.14. The Hall–Kier alpha value is -1.94. The minimum absolute atomic E-state index is 0.164. The molecule has 5 heteroatoms. The van der Waals surface area contributed by atoms with Crippen LogP contribution in [-0.4, -0.2) is 10.9 Å². The molecule has 0 fully saturated rings. The topological polar surface area (TPSA) is 42.0 Å². The Kier molecular flexibility index (Phi) is 4.91. The van der Waals surface area contributed by atoms with Crippen molar-refractivity contribution in [3.63, 3.8) is 0 Å². The summed E-state index contributed by atoms with van der Waals surface area (Å²) in [7, 11) is 0. The van der Waals surface area contributed by atoms with Gasteiger partial charge in [0.15, 0.2) is 0 Å². The van der Waals surface area contributed by atoms with E-state index in [0.29, 0.717) is 17.3 Å². The average Bonchev–Trinajstić information content (AvgIpc) is 2.46. The van der Waals surface area contributed by atoms with Gasteiger partial charge in [0.2, 0.25) is 0 Å². The van der Waals surface area contributed by atoms with Gasteiger partial charge in [-0.3, -0.25) is 4.79 Å². The number of pyridine rings is 1. The van der Waals surface area contributed by atoms with Crippen molar-refractivity contribution < 1.29 is 9.18 Å². The first-order chi connectivity index (χ1) is 9.97. The maximum atomic E-state index is 12.8. The van der Waals surface area contributed by atoms with E-state index in [1.54, 1.807) is 18.2 Å². The fourth-order valence-corrected chi connectivity index (χ4v) is 2.16. The van der Waals surface area contributed by atoms with Gasteiger partial charge in [0.1, 0.15) is 11.0 Å². The lowest BCUT2D eigenvalue weighted by atomic mass is 9.99. The first kappa shape index (κ1) is 15.4. The van der Waals surface area contributed by atoms with E-state index in [2.05, 4.69) is 10.3 Å². The quantitative estimate of drug-likeness (QED) is 0.870. The Balaban J connectivity index is 2.11. The minimum atomic E-state index is -0.297. The molecule has 0 unspecified atom stereocenters. The van der Waals surface area contributed by atoms with Crippen LogP contribution >= 0.6 is 11.6 Å². The molecule has 2 rings (SSSR count). The van der Waals surface area contributed by atoms with Gasteiger partial charge in [-0.25, -0.2) is 9.37 Å². The third kappa shape index (κ3) is 4.02. The van der Waals surface area contributed by atoms with Gasteiger partial charge in [-0.15, -0.1) is 0 Å². The van der Waals surface area contributed by atoms with E-state index < -0.39 is 0 Å². The average molecular weight is 307 g/mol. The van der Waals surface area contributed by atoms with Crippen molar-refractivity contribution in [1.82, 2.24) is 10.3 Å². The van der Waals surface area contributed by atoms with E-state index >= 15 is 0 Å². The smallest absolute Gasteiger partial charge is 0.253 e. The molecule has 3 nitrogen and oxygen atoms in total. The van der Waals surface area contributed by atoms with Gasteiger partial charge >= 0.3 is 0 Å². The Labute approximate surface area is 128 Å². The SMILES string of the molecule is CC(C)c1cc(Cl)ncc1C(=O)NCc1ccc(F)cc1. The molecule has 1 aromatic carbocycles. The van der Waals surface area contributed by atoms with Crippen LogP contribution in [-0.2, 0) is 6.54 Å². The second-order valence-electron chi connectivity index (χ2n) is 5.06. The van der Waals surface area contributed by atoms with Crippen LogP contribution < -0.4 is 5.32 Å². The number of carbonyl (C=O) groups excluding carboxylic acids is 1. The van der Waals surface area contributed by atoms with Crippen molar-refractivity contribution in [2.24, 2.45) is 0 Å². The van der Waals surface area contributed by atoms with Crippen molar-refractivity contribution in [2.45, 2.75) is 26.3 Å². The summed E-state index contributed by atoms with van der Waals surface area (Å²) in [5.74, 6) is -0.349. The lowest BCUT2D eigenvalue weighted by Gasteiger charge is -2.12. The summed E-state index contributed by atoms with van der Waals surface area (Å²) in [5.41, 5.74) is 2.20. The first-order valence-electron chi connectivity index (χ1n) is 6.65. The summed E-state index contributed by atoms with van der Waals surface area (Å²) in [6, 6.07) is 7.72. The molecule has 0 saturated heterocycles. The molecule has 0 aliphatic heterocycles. The normalized spacial score (nSPS) is 10.7. The zero-order valence-corrected chi connectivity index (χ0v) is 12.6. The van der Waals surface area contributed by atoms with Crippen molar-refractivity contribution in [3.8, 4) is 0 Å². The maximum absolute atomic E-state index is 12.8. The number of aromatic nitrogens is 1. The number of hydrogen-bond donors (Lipinski definition) is 1. The largest absolute Gasteiger partial charge is 0.348 e. The summed E-state index contributed by atoms with van der Waals surface area (Å²) in [4.78, 5) is 16.2. The predicted molar refractivity (Wildman–Crippen MR) is 80.9 cm³/mol. The molecule has 2 aromatic rings. The molecule has 0 bridgehead atoms. The Morgan fingerprint density at radius 1 is 1.33 bits per heavy atom. The fourth-order valence-electron chi connectivity index (χ4n) is 1.99. The molecule has 0 radical (unpaired) electrons. The molecule has 0 atom stereocenters. The molecule has 110 valence electrons. The molecule has 0 spiro atoms. The van der Waals surface area contributed by atoms with Gasteiger partial charge in [-0.05, 0) is 35.2 Å². The second-order valence-corrected chi connectivity index (χ2v) is 5.45. The van der Waals surface area contributed by atoms with Crippen LogP contribution in [0.15, 0.2) is 36.5 Å². The standard InChI is InChI=1S/C16H16ClFN2O/c1-10(2)13-7-15(17)19-9-14(13)16(21)20-8-11-3-5-12(18)6-4-11/h3-7,9-10H,8H2,1-2H3,(H,20,21). The maximum Gasteiger partial charge on any atom is 0.253 e. The molecular weight excluding hydrogens is 291 g/mol. The monoisotopic (exact) mass is 306 g/mol. The van der Waals surface area contributed by atoms with E-state index in [0.717, 1.165) is 11.1 Å². The molecule has 0 saturated carbocycles. The number of rotatable bonds is 4. The predicted octanol–water partition coefficient (Wildman–Crippen LogP) is 3.93. The number of halogens is 2.